The number of carboxylic acids is 2. The van der Waals surface area contributed by atoms with Crippen LogP contribution in [-0.2, 0) is 32.1 Å². The Morgan fingerprint density at radius 2 is 1.85 bits per heavy atom. The number of esters is 1. The summed E-state index contributed by atoms with van der Waals surface area (Å²) in [4.78, 5) is 49.7. The van der Waals surface area contributed by atoms with Crippen LogP contribution in [0.15, 0.2) is 6.07 Å². The number of hydrogen-bond acceptors (Lipinski definition) is 8. The molecule has 0 bridgehead atoms. The number of carboxylic acid groups (broad SMARTS) is 2. The maximum atomic E-state index is 13.4. The smallest absolute Gasteiger partial charge is 0.326 e. The van der Waals surface area contributed by atoms with Gasteiger partial charge in [0, 0.05) is 36.3 Å². The van der Waals surface area contributed by atoms with Crippen LogP contribution in [0.25, 0.3) is 0 Å². The van der Waals surface area contributed by atoms with Crippen LogP contribution in [0.2, 0.25) is 0 Å². The summed E-state index contributed by atoms with van der Waals surface area (Å²) >= 11 is 0. The maximum absolute atomic E-state index is 13.4. The molecule has 0 saturated heterocycles. The van der Waals surface area contributed by atoms with Gasteiger partial charge in [0.1, 0.15) is 29.2 Å². The summed E-state index contributed by atoms with van der Waals surface area (Å²) in [6, 6.07) is 0.0122. The zero-order chi connectivity index (χ0) is 30.2. The summed E-state index contributed by atoms with van der Waals surface area (Å²) in [7, 11) is 0. The monoisotopic (exact) mass is 573 g/mol. The third-order valence-electron chi connectivity index (χ3n) is 10.7. The first-order valence-corrected chi connectivity index (χ1v) is 14.2. The molecule has 4 aliphatic rings. The Morgan fingerprint density at radius 3 is 2.46 bits per heavy atom. The number of carbonyl (C=O) groups excluding carboxylic acids is 2. The number of aliphatic hydroxyl groups excluding tert-OH is 1. The van der Waals surface area contributed by atoms with E-state index in [2.05, 4.69) is 13.8 Å². The normalized spacial score (nSPS) is 33.9. The summed E-state index contributed by atoms with van der Waals surface area (Å²) in [5.74, 6) is -3.31. The first-order chi connectivity index (χ1) is 19.0. The minimum atomic E-state index is -1.35. The molecule has 2 aliphatic heterocycles. The van der Waals surface area contributed by atoms with Gasteiger partial charge in [0.15, 0.2) is 0 Å². The van der Waals surface area contributed by atoms with Crippen molar-refractivity contribution in [3.05, 3.63) is 22.8 Å². The standard InChI is InChI=1S/C30H39NO10/c1-14-6-8-22-28(3,4)25(36)21(40-15(2)32)12-29(22,5)30(14)11-17-20(33)10-16-18(24(17)41-30)13-31(26(16)37)19(27(38)39)7-9-23(34)35/h10,14,19,21-22,25,33,36H,6-9,11-13H2,1-5H3,(H,34,35)(H,38,39)/t14-,19-,21-,22+,25+,29-,30-/m0/s1. The summed E-state index contributed by atoms with van der Waals surface area (Å²) in [6.07, 6.45) is 0.0244. The van der Waals surface area contributed by atoms with Crippen molar-refractivity contribution in [2.75, 3.05) is 0 Å². The van der Waals surface area contributed by atoms with Crippen molar-refractivity contribution in [2.45, 2.75) is 104 Å². The summed E-state index contributed by atoms with van der Waals surface area (Å²) < 4.78 is 12.6. The topological polar surface area (TPSA) is 171 Å². The molecule has 7 atom stereocenters. The van der Waals surface area contributed by atoms with E-state index in [-0.39, 0.29) is 36.1 Å². The molecule has 5 rings (SSSR count). The molecule has 1 spiro atoms. The van der Waals surface area contributed by atoms with Gasteiger partial charge in [-0.25, -0.2) is 4.79 Å². The Morgan fingerprint density at radius 1 is 1.17 bits per heavy atom. The van der Waals surface area contributed by atoms with E-state index in [0.29, 0.717) is 29.7 Å². The Bertz CT molecular complexity index is 1320. The Labute approximate surface area is 238 Å². The van der Waals surface area contributed by atoms with E-state index in [9.17, 15) is 34.5 Å². The number of aliphatic carboxylic acids is 2. The molecule has 2 aliphatic carbocycles. The Hall–Kier alpha value is -3.34. The van der Waals surface area contributed by atoms with E-state index < -0.39 is 64.9 Å². The number of rotatable bonds is 6. The predicted molar refractivity (Wildman–Crippen MR) is 143 cm³/mol. The van der Waals surface area contributed by atoms with Crippen LogP contribution in [0.4, 0.5) is 0 Å². The molecule has 224 valence electrons. The van der Waals surface area contributed by atoms with Crippen LogP contribution >= 0.6 is 0 Å². The lowest BCUT2D eigenvalue weighted by Crippen LogP contribution is -2.69. The second-order valence-corrected chi connectivity index (χ2v) is 13.2. The van der Waals surface area contributed by atoms with E-state index >= 15 is 0 Å². The van der Waals surface area contributed by atoms with Gasteiger partial charge in [-0.3, -0.25) is 14.4 Å². The van der Waals surface area contributed by atoms with E-state index in [0.717, 1.165) is 17.7 Å². The summed E-state index contributed by atoms with van der Waals surface area (Å²) in [6.45, 7) is 9.39. The predicted octanol–water partition coefficient (Wildman–Crippen LogP) is 3.11. The number of amides is 1. The number of nitrogens with zero attached hydrogens (tertiary/aromatic N) is 1. The molecule has 4 N–H and O–H groups in total. The number of ether oxygens (including phenoxy) is 2. The summed E-state index contributed by atoms with van der Waals surface area (Å²) in [5, 5.41) is 41.4. The first-order valence-electron chi connectivity index (χ1n) is 14.2. The van der Waals surface area contributed by atoms with Gasteiger partial charge in [0.05, 0.1) is 18.2 Å². The van der Waals surface area contributed by atoms with Crippen molar-refractivity contribution in [3.8, 4) is 11.5 Å². The van der Waals surface area contributed by atoms with Crippen LogP contribution in [0.1, 0.15) is 88.2 Å². The van der Waals surface area contributed by atoms with Crippen LogP contribution in [-0.4, -0.2) is 73.0 Å². The van der Waals surface area contributed by atoms with Gasteiger partial charge < -0.3 is 34.8 Å². The zero-order valence-electron chi connectivity index (χ0n) is 24.1. The van der Waals surface area contributed by atoms with Crippen molar-refractivity contribution in [3.63, 3.8) is 0 Å². The van der Waals surface area contributed by atoms with E-state index in [4.69, 9.17) is 14.6 Å². The van der Waals surface area contributed by atoms with E-state index in [1.54, 1.807) is 0 Å². The molecule has 11 nitrogen and oxygen atoms in total. The first kappa shape index (κ1) is 29.2. The van der Waals surface area contributed by atoms with Gasteiger partial charge in [-0.15, -0.1) is 0 Å². The van der Waals surface area contributed by atoms with Crippen molar-refractivity contribution < 1.29 is 49.1 Å². The lowest BCUT2D eigenvalue weighted by molar-refractivity contribution is -0.245. The minimum Gasteiger partial charge on any atom is -0.508 e. The molecule has 1 amide bonds. The molecule has 0 aromatic heterocycles. The van der Waals surface area contributed by atoms with Crippen LogP contribution in [0, 0.1) is 22.7 Å². The molecule has 11 heteroatoms. The highest BCUT2D eigenvalue weighted by molar-refractivity contribution is 6.02. The summed E-state index contributed by atoms with van der Waals surface area (Å²) in [5.41, 5.74) is -0.912. The second-order valence-electron chi connectivity index (χ2n) is 13.2. The zero-order valence-corrected chi connectivity index (χ0v) is 24.1. The highest BCUT2D eigenvalue weighted by atomic mass is 16.6. The molecule has 1 aromatic rings. The molecule has 0 radical (unpaired) electrons. The molecule has 2 saturated carbocycles. The fraction of sp³-hybridized carbons (Fsp3) is 0.667. The van der Waals surface area contributed by atoms with E-state index in [1.165, 1.54) is 13.0 Å². The number of phenolic OH excluding ortho intramolecular Hbond substituents is 1. The largest absolute Gasteiger partial charge is 0.508 e. The number of phenols is 1. The second kappa shape index (κ2) is 9.61. The van der Waals surface area contributed by atoms with Crippen LogP contribution in [0.3, 0.4) is 0 Å². The van der Waals surface area contributed by atoms with E-state index in [1.807, 2.05) is 13.8 Å². The Kier molecular flexibility index (Phi) is 6.83. The van der Waals surface area contributed by atoms with Crippen molar-refractivity contribution in [1.29, 1.82) is 0 Å². The number of carbonyl (C=O) groups is 4. The maximum Gasteiger partial charge on any atom is 0.326 e. The Balaban J connectivity index is 1.57. The molecular weight excluding hydrogens is 534 g/mol. The van der Waals surface area contributed by atoms with Crippen molar-refractivity contribution in [2.24, 2.45) is 22.7 Å². The lowest BCUT2D eigenvalue weighted by Gasteiger charge is -2.65. The third-order valence-corrected chi connectivity index (χ3v) is 10.7. The molecule has 41 heavy (non-hydrogen) atoms. The van der Waals surface area contributed by atoms with Gasteiger partial charge >= 0.3 is 17.9 Å². The van der Waals surface area contributed by atoms with Crippen LogP contribution < -0.4 is 4.74 Å². The van der Waals surface area contributed by atoms with Gasteiger partial charge in [-0.05, 0) is 49.0 Å². The number of aromatic hydroxyl groups is 1. The van der Waals surface area contributed by atoms with Gasteiger partial charge in [0.2, 0.25) is 0 Å². The van der Waals surface area contributed by atoms with Crippen LogP contribution in [0.5, 0.6) is 11.5 Å². The number of hydrogen-bond donors (Lipinski definition) is 4. The minimum absolute atomic E-state index is 0.00534. The lowest BCUT2D eigenvalue weighted by atomic mass is 9.43. The number of aliphatic hydroxyl groups is 1. The fourth-order valence-corrected chi connectivity index (χ4v) is 8.64. The highest BCUT2D eigenvalue weighted by Gasteiger charge is 2.69. The fourth-order valence-electron chi connectivity index (χ4n) is 8.64. The average molecular weight is 574 g/mol. The molecule has 0 unspecified atom stereocenters. The SMILES string of the molecule is CC(=O)O[C@H]1C[C@@]2(C)[C@H](CC[C@H](C)[C@@]23Cc2c(O)cc4c(c2O3)CN([C@@H](CCC(=O)O)C(=O)O)C4=O)C(C)(C)[C@@H]1O. The quantitative estimate of drug-likeness (QED) is 0.371. The van der Waals surface area contributed by atoms with Crippen molar-refractivity contribution in [1.82, 2.24) is 4.90 Å². The van der Waals surface area contributed by atoms with Gasteiger partial charge in [-0.2, -0.15) is 0 Å². The molecule has 2 fully saturated rings. The number of benzene rings is 1. The molecule has 1 aromatic carbocycles. The van der Waals surface area contributed by atoms with Gasteiger partial charge in [0.25, 0.3) is 5.91 Å². The molecule has 2 heterocycles. The highest BCUT2D eigenvalue weighted by Crippen LogP contribution is 2.67. The number of fused-ring (bicyclic) bond motifs is 5. The average Bonchev–Trinajstić information content (AvgIpc) is 3.42. The van der Waals surface area contributed by atoms with Crippen molar-refractivity contribution >= 4 is 23.8 Å². The molecular formula is C30H39NO10. The van der Waals surface area contributed by atoms with Gasteiger partial charge in [-0.1, -0.05) is 27.7 Å². The third kappa shape index (κ3) is 4.18.